The van der Waals surface area contributed by atoms with Gasteiger partial charge in [0.05, 0.1) is 12.1 Å². The Morgan fingerprint density at radius 1 is 1.37 bits per heavy atom. The fourth-order valence-corrected chi connectivity index (χ4v) is 2.09. The van der Waals surface area contributed by atoms with Crippen molar-refractivity contribution < 1.29 is 9.53 Å². The number of unbranched alkanes of at least 4 members (excludes halogenated alkanes) is 1. The molecule has 19 heavy (non-hydrogen) atoms. The summed E-state index contributed by atoms with van der Waals surface area (Å²) < 4.78 is 6.83. The maximum Gasteiger partial charge on any atom is 0.331 e. The van der Waals surface area contributed by atoms with Gasteiger partial charge in [-0.25, -0.2) is 9.48 Å². The average molecular weight is 261 g/mol. The van der Waals surface area contributed by atoms with Crippen LogP contribution in [0.15, 0.2) is 24.3 Å². The van der Waals surface area contributed by atoms with Crippen molar-refractivity contribution in [1.82, 2.24) is 15.0 Å². The molecule has 0 aliphatic carbocycles. The molecule has 1 aromatic carbocycles. The van der Waals surface area contributed by atoms with E-state index in [4.69, 9.17) is 4.74 Å². The number of rotatable bonds is 6. The van der Waals surface area contributed by atoms with Gasteiger partial charge in [0.1, 0.15) is 5.52 Å². The average Bonchev–Trinajstić information content (AvgIpc) is 2.84. The van der Waals surface area contributed by atoms with Gasteiger partial charge in [0.25, 0.3) is 0 Å². The van der Waals surface area contributed by atoms with Gasteiger partial charge in [-0.2, -0.15) is 0 Å². The quantitative estimate of drug-likeness (QED) is 0.750. The van der Waals surface area contributed by atoms with Crippen molar-refractivity contribution in [2.75, 3.05) is 6.61 Å². The van der Waals surface area contributed by atoms with Crippen LogP contribution in [0.2, 0.25) is 0 Å². The zero-order valence-electron chi connectivity index (χ0n) is 11.4. The molecule has 2 rings (SSSR count). The summed E-state index contributed by atoms with van der Waals surface area (Å²) in [4.78, 5) is 12.1. The molecule has 1 aromatic heterocycles. The van der Waals surface area contributed by atoms with E-state index in [0.29, 0.717) is 6.61 Å². The fourth-order valence-electron chi connectivity index (χ4n) is 2.09. The van der Waals surface area contributed by atoms with Gasteiger partial charge in [-0.05, 0) is 25.5 Å². The monoisotopic (exact) mass is 261 g/mol. The summed E-state index contributed by atoms with van der Waals surface area (Å²) in [5.41, 5.74) is 1.67. The third-order valence-electron chi connectivity index (χ3n) is 3.06. The molecule has 0 fully saturated rings. The van der Waals surface area contributed by atoms with Gasteiger partial charge in [-0.3, -0.25) is 0 Å². The predicted octanol–water partition coefficient (Wildman–Crippen LogP) is 2.73. The standard InChI is InChI=1S/C14H19N3O2/c1-3-5-9-13(14(18)19-4-2)17-12-10-7-6-8-11(12)15-16-17/h6-8,10,13H,3-5,9H2,1-2H3/t13-/m0/s1. The molecule has 0 spiro atoms. The van der Waals surface area contributed by atoms with Crippen LogP contribution < -0.4 is 0 Å². The normalized spacial score (nSPS) is 12.5. The molecule has 102 valence electrons. The minimum Gasteiger partial charge on any atom is -0.464 e. The Morgan fingerprint density at radius 3 is 2.89 bits per heavy atom. The molecule has 0 aliphatic heterocycles. The predicted molar refractivity (Wildman–Crippen MR) is 72.7 cm³/mol. The number of ether oxygens (including phenoxy) is 1. The van der Waals surface area contributed by atoms with Crippen molar-refractivity contribution in [2.45, 2.75) is 39.2 Å². The molecule has 1 atom stereocenters. The molecule has 0 N–H and O–H groups in total. The third kappa shape index (κ3) is 2.92. The highest BCUT2D eigenvalue weighted by Crippen LogP contribution is 2.21. The molecule has 0 radical (unpaired) electrons. The Morgan fingerprint density at radius 2 is 2.16 bits per heavy atom. The van der Waals surface area contributed by atoms with E-state index in [1.807, 2.05) is 31.2 Å². The van der Waals surface area contributed by atoms with Crippen molar-refractivity contribution in [2.24, 2.45) is 0 Å². The number of aromatic nitrogens is 3. The van der Waals surface area contributed by atoms with E-state index >= 15 is 0 Å². The lowest BCUT2D eigenvalue weighted by molar-refractivity contribution is -0.147. The maximum absolute atomic E-state index is 12.1. The first-order chi connectivity index (χ1) is 9.27. The van der Waals surface area contributed by atoms with Crippen molar-refractivity contribution >= 4 is 17.0 Å². The Balaban J connectivity index is 2.33. The van der Waals surface area contributed by atoms with Gasteiger partial charge in [-0.15, -0.1) is 5.10 Å². The van der Waals surface area contributed by atoms with Gasteiger partial charge >= 0.3 is 5.97 Å². The lowest BCUT2D eigenvalue weighted by atomic mass is 10.1. The molecule has 2 aromatic rings. The maximum atomic E-state index is 12.1. The van der Waals surface area contributed by atoms with E-state index in [2.05, 4.69) is 17.2 Å². The van der Waals surface area contributed by atoms with E-state index < -0.39 is 0 Å². The van der Waals surface area contributed by atoms with Crippen molar-refractivity contribution in [3.8, 4) is 0 Å². The number of fused-ring (bicyclic) bond motifs is 1. The van der Waals surface area contributed by atoms with Crippen LogP contribution in [0.3, 0.4) is 0 Å². The smallest absolute Gasteiger partial charge is 0.331 e. The minimum absolute atomic E-state index is 0.230. The summed E-state index contributed by atoms with van der Waals surface area (Å²) in [5, 5.41) is 8.21. The van der Waals surface area contributed by atoms with Gasteiger partial charge in [0, 0.05) is 0 Å². The van der Waals surface area contributed by atoms with Crippen molar-refractivity contribution in [3.05, 3.63) is 24.3 Å². The number of nitrogens with zero attached hydrogens (tertiary/aromatic N) is 3. The molecular weight excluding hydrogens is 242 g/mol. The molecule has 0 unspecified atom stereocenters. The molecule has 0 amide bonds. The molecular formula is C14H19N3O2. The van der Waals surface area contributed by atoms with E-state index in [1.54, 1.807) is 4.68 Å². The first-order valence-corrected chi connectivity index (χ1v) is 6.74. The summed E-state index contributed by atoms with van der Waals surface area (Å²) >= 11 is 0. The summed E-state index contributed by atoms with van der Waals surface area (Å²) in [6.45, 7) is 4.30. The number of esters is 1. The lowest BCUT2D eigenvalue weighted by Crippen LogP contribution is -2.23. The lowest BCUT2D eigenvalue weighted by Gasteiger charge is -2.15. The van der Waals surface area contributed by atoms with Crippen LogP contribution in [0, 0.1) is 0 Å². The first-order valence-electron chi connectivity index (χ1n) is 6.74. The number of carbonyl (C=O) groups excluding carboxylic acids is 1. The van der Waals surface area contributed by atoms with Crippen LogP contribution in [0.4, 0.5) is 0 Å². The Hall–Kier alpha value is -1.91. The summed E-state index contributed by atoms with van der Waals surface area (Å²) in [7, 11) is 0. The third-order valence-corrected chi connectivity index (χ3v) is 3.06. The largest absolute Gasteiger partial charge is 0.464 e. The molecule has 0 saturated carbocycles. The van der Waals surface area contributed by atoms with Crippen LogP contribution in [-0.2, 0) is 9.53 Å². The first kappa shape index (κ1) is 13.5. The second kappa shape index (κ2) is 6.31. The molecule has 5 heteroatoms. The van der Waals surface area contributed by atoms with Crippen LogP contribution in [0.25, 0.3) is 11.0 Å². The molecule has 0 saturated heterocycles. The summed E-state index contributed by atoms with van der Waals surface area (Å²) in [6.07, 6.45) is 2.71. The summed E-state index contributed by atoms with van der Waals surface area (Å²) in [6, 6.07) is 7.26. The highest BCUT2D eigenvalue weighted by molar-refractivity contribution is 5.79. The van der Waals surface area contributed by atoms with Gasteiger partial charge in [0.15, 0.2) is 6.04 Å². The zero-order chi connectivity index (χ0) is 13.7. The Kier molecular flexibility index (Phi) is 4.49. The fraction of sp³-hybridized carbons (Fsp3) is 0.500. The van der Waals surface area contributed by atoms with Crippen LogP contribution in [0.5, 0.6) is 0 Å². The van der Waals surface area contributed by atoms with Gasteiger partial charge < -0.3 is 4.74 Å². The minimum atomic E-state index is -0.382. The summed E-state index contributed by atoms with van der Waals surface area (Å²) in [5.74, 6) is -0.230. The van der Waals surface area contributed by atoms with Crippen LogP contribution >= 0.6 is 0 Å². The van der Waals surface area contributed by atoms with E-state index in [1.165, 1.54) is 0 Å². The number of hydrogen-bond donors (Lipinski definition) is 0. The molecule has 0 aliphatic rings. The van der Waals surface area contributed by atoms with Crippen molar-refractivity contribution in [3.63, 3.8) is 0 Å². The SMILES string of the molecule is CCCC[C@@H](C(=O)OCC)n1nnc2ccccc21. The topological polar surface area (TPSA) is 57.0 Å². The second-order valence-corrected chi connectivity index (χ2v) is 4.43. The van der Waals surface area contributed by atoms with Crippen molar-refractivity contribution in [1.29, 1.82) is 0 Å². The van der Waals surface area contributed by atoms with E-state index in [0.717, 1.165) is 30.3 Å². The number of para-hydroxylation sites is 1. The molecule has 5 nitrogen and oxygen atoms in total. The number of benzene rings is 1. The Labute approximate surface area is 112 Å². The number of carbonyl (C=O) groups is 1. The molecule has 1 heterocycles. The molecule has 0 bridgehead atoms. The van der Waals surface area contributed by atoms with E-state index in [9.17, 15) is 4.79 Å². The van der Waals surface area contributed by atoms with Crippen LogP contribution in [-0.4, -0.2) is 27.6 Å². The second-order valence-electron chi connectivity index (χ2n) is 4.43. The van der Waals surface area contributed by atoms with Gasteiger partial charge in [-0.1, -0.05) is 37.1 Å². The van der Waals surface area contributed by atoms with E-state index in [-0.39, 0.29) is 12.0 Å². The zero-order valence-corrected chi connectivity index (χ0v) is 11.4. The van der Waals surface area contributed by atoms with Gasteiger partial charge in [0.2, 0.25) is 0 Å². The highest BCUT2D eigenvalue weighted by atomic mass is 16.5. The van der Waals surface area contributed by atoms with Crippen LogP contribution in [0.1, 0.15) is 39.2 Å². The highest BCUT2D eigenvalue weighted by Gasteiger charge is 2.24. The Bertz CT molecular complexity index is 550. The number of hydrogen-bond acceptors (Lipinski definition) is 4.